The molecule has 0 fully saturated rings. The number of Topliss-reactive ketones (excluding diaryl/α,β-unsaturated/α-hetero) is 1. The van der Waals surface area contributed by atoms with Crippen molar-refractivity contribution in [3.05, 3.63) is 106 Å². The van der Waals surface area contributed by atoms with Gasteiger partial charge in [-0.1, -0.05) is 30.3 Å². The number of hydrogen-bond acceptors (Lipinski definition) is 4. The second-order valence-electron chi connectivity index (χ2n) is 8.14. The van der Waals surface area contributed by atoms with E-state index in [4.69, 9.17) is 5.11 Å². The van der Waals surface area contributed by atoms with E-state index >= 15 is 0 Å². The molecule has 176 valence electrons. The van der Waals surface area contributed by atoms with Gasteiger partial charge in [0.15, 0.2) is 5.78 Å². The quantitative estimate of drug-likeness (QED) is 0.377. The lowest BCUT2D eigenvalue weighted by Gasteiger charge is -2.14. The summed E-state index contributed by atoms with van der Waals surface area (Å²) in [7, 11) is 0. The highest BCUT2D eigenvalue weighted by Crippen LogP contribution is 2.20. The predicted molar refractivity (Wildman–Crippen MR) is 129 cm³/mol. The zero-order valence-corrected chi connectivity index (χ0v) is 18.7. The van der Waals surface area contributed by atoms with Crippen molar-refractivity contribution in [3.63, 3.8) is 0 Å². The van der Waals surface area contributed by atoms with Crippen molar-refractivity contribution in [2.45, 2.75) is 19.4 Å². The number of amides is 1. The summed E-state index contributed by atoms with van der Waals surface area (Å²) in [5.41, 5.74) is 1.75. The summed E-state index contributed by atoms with van der Waals surface area (Å²) in [5, 5.41) is 12.0. The van der Waals surface area contributed by atoms with Crippen molar-refractivity contribution in [1.29, 1.82) is 0 Å². The highest BCUT2D eigenvalue weighted by atomic mass is 19.1. The van der Waals surface area contributed by atoms with Gasteiger partial charge >= 0.3 is 5.97 Å². The molecule has 35 heavy (non-hydrogen) atoms. The normalized spacial score (nSPS) is 11.7. The number of aromatic amines is 1. The maximum absolute atomic E-state index is 13.4. The summed E-state index contributed by atoms with van der Waals surface area (Å²) in [6, 6.07) is 16.7. The number of nitrogens with one attached hydrogen (secondary N) is 2. The van der Waals surface area contributed by atoms with Crippen LogP contribution in [0.25, 0.3) is 22.0 Å². The van der Waals surface area contributed by atoms with Gasteiger partial charge in [-0.2, -0.15) is 0 Å². The monoisotopic (exact) mass is 472 g/mol. The third-order valence-electron chi connectivity index (χ3n) is 5.69. The number of H-pyrrole nitrogens is 1. The van der Waals surface area contributed by atoms with E-state index in [1.807, 2.05) is 0 Å². The van der Waals surface area contributed by atoms with Crippen LogP contribution in [0.1, 0.15) is 33.2 Å². The van der Waals surface area contributed by atoms with Crippen LogP contribution in [0.4, 0.5) is 4.39 Å². The minimum atomic E-state index is -1.34. The molecule has 3 N–H and O–H groups in total. The highest BCUT2D eigenvalue weighted by molar-refractivity contribution is 5.99. The smallest absolute Gasteiger partial charge is 0.341 e. The molecule has 3 aromatic carbocycles. The number of aromatic carboxylic acids is 1. The van der Waals surface area contributed by atoms with E-state index in [1.165, 1.54) is 18.2 Å². The number of rotatable bonds is 7. The van der Waals surface area contributed by atoms with Crippen LogP contribution in [0.3, 0.4) is 0 Å². The van der Waals surface area contributed by atoms with E-state index in [0.717, 1.165) is 11.8 Å². The summed E-state index contributed by atoms with van der Waals surface area (Å²) >= 11 is 0. The lowest BCUT2D eigenvalue weighted by molar-refractivity contribution is -0.119. The van der Waals surface area contributed by atoms with Crippen molar-refractivity contribution in [2.24, 2.45) is 0 Å². The fourth-order valence-electron chi connectivity index (χ4n) is 3.73. The number of pyridine rings is 1. The van der Waals surface area contributed by atoms with Crippen LogP contribution in [-0.4, -0.2) is 33.8 Å². The van der Waals surface area contributed by atoms with Gasteiger partial charge in [-0.3, -0.25) is 14.4 Å². The molecule has 0 saturated heterocycles. The summed E-state index contributed by atoms with van der Waals surface area (Å²) < 4.78 is 13.4. The number of carbonyl (C=O) groups is 3. The maximum atomic E-state index is 13.4. The van der Waals surface area contributed by atoms with Crippen LogP contribution in [0.5, 0.6) is 0 Å². The molecule has 0 bridgehead atoms. The number of benzene rings is 3. The molecule has 4 rings (SSSR count). The Balaban J connectivity index is 1.44. The Morgan fingerprint density at radius 2 is 1.74 bits per heavy atom. The zero-order chi connectivity index (χ0) is 25.1. The molecular formula is C27H21FN2O5. The van der Waals surface area contributed by atoms with Gasteiger partial charge in [0.05, 0.1) is 6.04 Å². The van der Waals surface area contributed by atoms with Crippen LogP contribution in [0.15, 0.2) is 77.7 Å². The Labute approximate surface area is 199 Å². The average molecular weight is 472 g/mol. The van der Waals surface area contributed by atoms with Gasteiger partial charge in [0.2, 0.25) is 5.43 Å². The largest absolute Gasteiger partial charge is 0.477 e. The van der Waals surface area contributed by atoms with E-state index in [1.54, 1.807) is 55.5 Å². The van der Waals surface area contributed by atoms with E-state index in [2.05, 4.69) is 10.3 Å². The third kappa shape index (κ3) is 5.16. The van der Waals surface area contributed by atoms with Crippen LogP contribution < -0.4 is 10.7 Å². The molecule has 7 nitrogen and oxygen atoms in total. The standard InChI is InChI=1S/C27H21FN2O5/c1-15(30-26(33)18-8-6-17(7-9-18)19-3-2-4-20(28)13-19)24(31)12-16-5-10-23-21(11-16)25(32)22(14-29-23)27(34)35/h2-11,13-15H,12H2,1H3,(H,29,32)(H,30,33)(H,34,35)/t15-/m0/s1. The average Bonchev–Trinajstić information content (AvgIpc) is 2.84. The molecule has 8 heteroatoms. The minimum absolute atomic E-state index is 0.0490. The first-order chi connectivity index (χ1) is 16.7. The Kier molecular flexibility index (Phi) is 6.55. The fraction of sp³-hybridized carbons (Fsp3) is 0.111. The molecule has 0 spiro atoms. The lowest BCUT2D eigenvalue weighted by Crippen LogP contribution is -2.39. The second kappa shape index (κ2) is 9.72. The predicted octanol–water partition coefficient (Wildman–Crippen LogP) is 3.96. The molecule has 1 amide bonds. The zero-order valence-electron chi connectivity index (χ0n) is 18.7. The lowest BCUT2D eigenvalue weighted by atomic mass is 10.0. The summed E-state index contributed by atoms with van der Waals surface area (Å²) in [4.78, 5) is 51.7. The van der Waals surface area contributed by atoms with Crippen molar-refractivity contribution in [1.82, 2.24) is 10.3 Å². The SMILES string of the molecule is C[C@H](NC(=O)c1ccc(-c2cccc(F)c2)cc1)C(=O)Cc1ccc2[nH]cc(C(=O)O)c(=O)c2c1. The first kappa shape index (κ1) is 23.6. The van der Waals surface area contributed by atoms with Crippen molar-refractivity contribution >= 4 is 28.6 Å². The fourth-order valence-corrected chi connectivity index (χ4v) is 3.73. The number of carboxylic acid groups (broad SMARTS) is 1. The van der Waals surface area contributed by atoms with E-state index in [9.17, 15) is 23.6 Å². The number of ketones is 1. The van der Waals surface area contributed by atoms with Gasteiger partial charge in [0.25, 0.3) is 5.91 Å². The first-order valence-corrected chi connectivity index (χ1v) is 10.8. The van der Waals surface area contributed by atoms with Crippen LogP contribution in [-0.2, 0) is 11.2 Å². The first-order valence-electron chi connectivity index (χ1n) is 10.8. The highest BCUT2D eigenvalue weighted by Gasteiger charge is 2.18. The van der Waals surface area contributed by atoms with Gasteiger partial charge in [-0.15, -0.1) is 0 Å². The molecule has 0 aliphatic carbocycles. The topological polar surface area (TPSA) is 116 Å². The number of carboxylic acids is 1. The summed E-state index contributed by atoms with van der Waals surface area (Å²) in [6.07, 6.45) is 1.09. The van der Waals surface area contributed by atoms with Crippen molar-refractivity contribution in [3.8, 4) is 11.1 Å². The molecule has 0 unspecified atom stereocenters. The van der Waals surface area contributed by atoms with E-state index in [0.29, 0.717) is 22.2 Å². The second-order valence-corrected chi connectivity index (χ2v) is 8.14. The number of fused-ring (bicyclic) bond motifs is 1. The molecule has 0 radical (unpaired) electrons. The van der Waals surface area contributed by atoms with Crippen LogP contribution >= 0.6 is 0 Å². The Morgan fingerprint density at radius 1 is 1.00 bits per heavy atom. The molecule has 0 saturated carbocycles. The van der Waals surface area contributed by atoms with Gasteiger partial charge in [-0.05, 0) is 60.0 Å². The van der Waals surface area contributed by atoms with E-state index < -0.39 is 23.3 Å². The van der Waals surface area contributed by atoms with Crippen LogP contribution in [0, 0.1) is 5.82 Å². The van der Waals surface area contributed by atoms with Gasteiger partial charge in [0.1, 0.15) is 11.4 Å². The van der Waals surface area contributed by atoms with Crippen molar-refractivity contribution in [2.75, 3.05) is 0 Å². The molecule has 1 atom stereocenters. The van der Waals surface area contributed by atoms with Crippen molar-refractivity contribution < 1.29 is 23.9 Å². The van der Waals surface area contributed by atoms with E-state index in [-0.39, 0.29) is 29.0 Å². The molecule has 0 aliphatic heterocycles. The van der Waals surface area contributed by atoms with Gasteiger partial charge in [0, 0.05) is 29.1 Å². The number of aromatic nitrogens is 1. The summed E-state index contributed by atoms with van der Waals surface area (Å²) in [6.45, 7) is 1.57. The maximum Gasteiger partial charge on any atom is 0.341 e. The number of carbonyl (C=O) groups excluding carboxylic acids is 2. The Morgan fingerprint density at radius 3 is 2.43 bits per heavy atom. The third-order valence-corrected chi connectivity index (χ3v) is 5.69. The van der Waals surface area contributed by atoms with Gasteiger partial charge in [-0.25, -0.2) is 9.18 Å². The molecule has 0 aliphatic rings. The number of hydrogen-bond donors (Lipinski definition) is 3. The Bertz CT molecular complexity index is 1510. The van der Waals surface area contributed by atoms with Crippen LogP contribution in [0.2, 0.25) is 0 Å². The number of halogens is 1. The molecule has 1 aromatic heterocycles. The molecule has 4 aromatic rings. The minimum Gasteiger partial charge on any atom is -0.477 e. The molecular weight excluding hydrogens is 451 g/mol. The summed E-state index contributed by atoms with van der Waals surface area (Å²) in [5.74, 6) is -2.40. The Hall–Kier alpha value is -4.59. The van der Waals surface area contributed by atoms with Gasteiger partial charge < -0.3 is 15.4 Å². The molecule has 1 heterocycles.